The highest BCUT2D eigenvalue weighted by molar-refractivity contribution is 9.18. The highest BCUT2D eigenvalue weighted by atomic mass is 79.9. The van der Waals surface area contributed by atoms with Gasteiger partial charge in [-0.05, 0) is 43.6 Å². The second-order valence-corrected chi connectivity index (χ2v) is 6.03. The number of halogens is 1. The third kappa shape index (κ3) is 4.77. The van der Waals surface area contributed by atoms with Gasteiger partial charge in [0.2, 0.25) is 0 Å². The van der Waals surface area contributed by atoms with E-state index in [9.17, 15) is 4.57 Å². The molecule has 0 saturated carbocycles. The lowest BCUT2D eigenvalue weighted by Gasteiger charge is -2.22. The average Bonchev–Trinajstić information content (AvgIpc) is 2.17. The van der Waals surface area contributed by atoms with E-state index in [4.69, 9.17) is 9.05 Å². The van der Waals surface area contributed by atoms with Gasteiger partial charge in [-0.25, -0.2) is 0 Å². The predicted molar refractivity (Wildman–Crippen MR) is 67.2 cm³/mol. The van der Waals surface area contributed by atoms with Crippen molar-refractivity contribution in [3.8, 4) is 0 Å². The molecule has 1 unspecified atom stereocenters. The van der Waals surface area contributed by atoms with Crippen molar-refractivity contribution in [2.75, 3.05) is 19.8 Å². The zero-order valence-corrected chi connectivity index (χ0v) is 12.2. The van der Waals surface area contributed by atoms with Gasteiger partial charge in [-0.2, -0.15) is 0 Å². The summed E-state index contributed by atoms with van der Waals surface area (Å²) in [6.45, 7) is 8.67. The molecule has 0 aromatic rings. The summed E-state index contributed by atoms with van der Waals surface area (Å²) in [5.41, 5.74) is -0.350. The van der Waals surface area contributed by atoms with Gasteiger partial charge in [-0.15, -0.1) is 0 Å². The van der Waals surface area contributed by atoms with Crippen LogP contribution in [0, 0.1) is 0 Å². The molecule has 15 heavy (non-hydrogen) atoms. The van der Waals surface area contributed by atoms with E-state index < -0.39 is 7.60 Å². The van der Waals surface area contributed by atoms with Crippen molar-refractivity contribution in [3.05, 3.63) is 0 Å². The smallest absolute Gasteiger partial charge is 0.308 e. The maximum atomic E-state index is 12.3. The van der Waals surface area contributed by atoms with Gasteiger partial charge >= 0.3 is 7.60 Å². The fourth-order valence-electron chi connectivity index (χ4n) is 1.03. The number of nitrogens with zero attached hydrogens (tertiary/aromatic N) is 1. The summed E-state index contributed by atoms with van der Waals surface area (Å²) >= 11 is 3.30. The van der Waals surface area contributed by atoms with Crippen LogP contribution in [0.3, 0.4) is 0 Å². The summed E-state index contributed by atoms with van der Waals surface area (Å²) in [5.74, 6) is 0. The number of aliphatic imine (C=N–C) groups is 1. The number of rotatable bonds is 7. The van der Waals surface area contributed by atoms with Gasteiger partial charge in [0.25, 0.3) is 0 Å². The lowest BCUT2D eigenvalue weighted by Crippen LogP contribution is -2.16. The molecule has 6 heteroatoms. The Morgan fingerprint density at radius 3 is 2.13 bits per heavy atom. The molecule has 0 aromatic carbocycles. The summed E-state index contributed by atoms with van der Waals surface area (Å²) < 4.78 is 23.4. The molecule has 0 aliphatic heterocycles. The van der Waals surface area contributed by atoms with Crippen molar-refractivity contribution in [2.24, 2.45) is 4.99 Å². The standard InChI is InChI=1S/C9H19BrNO3P/c1-5-11-9(10)8(4)15(12,13-6-2)14-7-3/h8H,5-7H2,1-4H3. The third-order valence-electron chi connectivity index (χ3n) is 1.75. The molecule has 1 atom stereocenters. The van der Waals surface area contributed by atoms with Crippen LogP contribution in [0.1, 0.15) is 27.7 Å². The molecule has 0 bridgehead atoms. The van der Waals surface area contributed by atoms with Crippen LogP contribution < -0.4 is 0 Å². The Balaban J connectivity index is 4.76. The van der Waals surface area contributed by atoms with Gasteiger partial charge in [-0.1, -0.05) is 0 Å². The summed E-state index contributed by atoms with van der Waals surface area (Å²) in [5, 5.41) is 0. The van der Waals surface area contributed by atoms with Gasteiger partial charge in [0.05, 0.1) is 17.8 Å². The van der Waals surface area contributed by atoms with Crippen LogP contribution in [-0.2, 0) is 13.6 Å². The highest BCUT2D eigenvalue weighted by Crippen LogP contribution is 2.53. The third-order valence-corrected chi connectivity index (χ3v) is 5.47. The normalized spacial score (nSPS) is 15.4. The topological polar surface area (TPSA) is 47.9 Å². The van der Waals surface area contributed by atoms with Crippen LogP contribution >= 0.6 is 23.5 Å². The second-order valence-electron chi connectivity index (χ2n) is 2.85. The Morgan fingerprint density at radius 1 is 1.33 bits per heavy atom. The fourth-order valence-corrected chi connectivity index (χ4v) is 3.62. The minimum absolute atomic E-state index is 0.350. The van der Waals surface area contributed by atoms with Gasteiger partial charge < -0.3 is 9.05 Å². The Kier molecular flexibility index (Phi) is 7.70. The minimum Gasteiger partial charge on any atom is -0.308 e. The molecular formula is C9H19BrNO3P. The Labute approximate surface area is 100 Å². The zero-order valence-electron chi connectivity index (χ0n) is 9.70. The van der Waals surface area contributed by atoms with Gasteiger partial charge in [0.1, 0.15) is 5.66 Å². The van der Waals surface area contributed by atoms with Crippen molar-refractivity contribution in [3.63, 3.8) is 0 Å². The van der Waals surface area contributed by atoms with E-state index in [1.165, 1.54) is 0 Å². The van der Waals surface area contributed by atoms with Crippen LogP contribution in [0.25, 0.3) is 0 Å². The van der Waals surface area contributed by atoms with Crippen molar-refractivity contribution < 1.29 is 13.6 Å². The van der Waals surface area contributed by atoms with E-state index in [2.05, 4.69) is 20.9 Å². The summed E-state index contributed by atoms with van der Waals surface area (Å²) in [6, 6.07) is 0. The quantitative estimate of drug-likeness (QED) is 0.534. The number of hydrogen-bond donors (Lipinski definition) is 0. The number of hydrogen-bond acceptors (Lipinski definition) is 4. The maximum Gasteiger partial charge on any atom is 0.339 e. The first-order valence-electron chi connectivity index (χ1n) is 5.10. The lowest BCUT2D eigenvalue weighted by molar-refractivity contribution is 0.218. The second kappa shape index (κ2) is 7.55. The Bertz CT molecular complexity index is 248. The van der Waals surface area contributed by atoms with E-state index in [1.807, 2.05) is 6.92 Å². The molecule has 0 aromatic heterocycles. The molecule has 0 rings (SSSR count). The van der Waals surface area contributed by atoms with Crippen LogP contribution in [-0.4, -0.2) is 30.0 Å². The molecule has 0 aliphatic carbocycles. The van der Waals surface area contributed by atoms with Crippen molar-refractivity contribution in [1.29, 1.82) is 0 Å². The van der Waals surface area contributed by atoms with Crippen LogP contribution in [0.2, 0.25) is 0 Å². The molecule has 0 heterocycles. The van der Waals surface area contributed by atoms with Crippen molar-refractivity contribution >= 4 is 28.1 Å². The summed E-state index contributed by atoms with van der Waals surface area (Å²) in [7, 11) is -3.07. The van der Waals surface area contributed by atoms with Crippen LogP contribution in [0.15, 0.2) is 4.99 Å². The van der Waals surface area contributed by atoms with E-state index in [1.54, 1.807) is 20.8 Å². The fraction of sp³-hybridized carbons (Fsp3) is 0.889. The predicted octanol–water partition coefficient (Wildman–Crippen LogP) is 3.45. The first kappa shape index (κ1) is 15.3. The van der Waals surface area contributed by atoms with Crippen molar-refractivity contribution in [1.82, 2.24) is 0 Å². The highest BCUT2D eigenvalue weighted by Gasteiger charge is 2.34. The lowest BCUT2D eigenvalue weighted by atomic mass is 10.5. The summed E-state index contributed by atoms with van der Waals surface area (Å²) in [4.78, 5) is 4.16. The van der Waals surface area contributed by atoms with Crippen molar-refractivity contribution in [2.45, 2.75) is 33.4 Å². The Hall–Kier alpha value is 0.300. The summed E-state index contributed by atoms with van der Waals surface area (Å²) in [6.07, 6.45) is 0. The van der Waals surface area contributed by atoms with Gasteiger partial charge in [0.15, 0.2) is 0 Å². The van der Waals surface area contributed by atoms with E-state index in [-0.39, 0.29) is 5.66 Å². The molecule has 0 fully saturated rings. The van der Waals surface area contributed by atoms with E-state index in [0.717, 1.165) is 0 Å². The molecule has 4 nitrogen and oxygen atoms in total. The minimum atomic E-state index is -3.07. The van der Waals surface area contributed by atoms with E-state index in [0.29, 0.717) is 24.4 Å². The largest absolute Gasteiger partial charge is 0.339 e. The SMILES string of the molecule is CCN=C(Br)C(C)P(=O)(OCC)OCC. The molecular weight excluding hydrogens is 281 g/mol. The molecule has 0 amide bonds. The average molecular weight is 300 g/mol. The van der Waals surface area contributed by atoms with Crippen LogP contribution in [0.5, 0.6) is 0 Å². The maximum absolute atomic E-state index is 12.3. The van der Waals surface area contributed by atoms with Crippen LogP contribution in [0.4, 0.5) is 0 Å². The first-order valence-corrected chi connectivity index (χ1v) is 7.50. The molecule has 90 valence electrons. The van der Waals surface area contributed by atoms with E-state index >= 15 is 0 Å². The molecule has 0 saturated heterocycles. The molecule has 0 aliphatic rings. The van der Waals surface area contributed by atoms with Gasteiger partial charge in [0, 0.05) is 6.54 Å². The zero-order chi connectivity index (χ0) is 11.9. The van der Waals surface area contributed by atoms with Gasteiger partial charge in [-0.3, -0.25) is 9.56 Å². The molecule has 0 N–H and O–H groups in total. The Morgan fingerprint density at radius 2 is 1.80 bits per heavy atom. The first-order chi connectivity index (χ1) is 7.01. The molecule has 0 radical (unpaired) electrons. The molecule has 0 spiro atoms. The monoisotopic (exact) mass is 299 g/mol.